The normalized spacial score (nSPS) is 20.9. The van der Waals surface area contributed by atoms with Gasteiger partial charge in [0.25, 0.3) is 0 Å². The summed E-state index contributed by atoms with van der Waals surface area (Å²) in [5, 5.41) is 10.1. The molecule has 2 aliphatic rings. The number of hydrogen-bond acceptors (Lipinski definition) is 4. The SMILES string of the molecule is Cc1ccc2c(c1)CC(c1ccc(OCCN3CCCCC3)cc1)C(c1ccc(O)cc1)S2. The molecule has 172 valence electrons. The number of aromatic hydroxyl groups is 1. The minimum Gasteiger partial charge on any atom is -0.508 e. The number of benzene rings is 3. The van der Waals surface area contributed by atoms with Crippen LogP contribution in [0.3, 0.4) is 0 Å². The van der Waals surface area contributed by atoms with Gasteiger partial charge in [-0.1, -0.05) is 48.4 Å². The van der Waals surface area contributed by atoms with Gasteiger partial charge in [0.2, 0.25) is 0 Å². The Morgan fingerprint density at radius 2 is 1.64 bits per heavy atom. The fourth-order valence-electron chi connectivity index (χ4n) is 5.09. The van der Waals surface area contributed by atoms with Gasteiger partial charge >= 0.3 is 0 Å². The highest BCUT2D eigenvalue weighted by atomic mass is 32.2. The average molecular weight is 460 g/mol. The van der Waals surface area contributed by atoms with Crippen molar-refractivity contribution < 1.29 is 9.84 Å². The number of thioether (sulfide) groups is 1. The van der Waals surface area contributed by atoms with Gasteiger partial charge in [0, 0.05) is 22.6 Å². The van der Waals surface area contributed by atoms with Crippen LogP contribution in [-0.2, 0) is 6.42 Å². The van der Waals surface area contributed by atoms with Crippen molar-refractivity contribution in [3.05, 3.63) is 89.0 Å². The number of ether oxygens (including phenoxy) is 1. The number of rotatable bonds is 6. The molecule has 3 nitrogen and oxygen atoms in total. The quantitative estimate of drug-likeness (QED) is 0.442. The number of hydrogen-bond donors (Lipinski definition) is 1. The van der Waals surface area contributed by atoms with Gasteiger partial charge in [-0.2, -0.15) is 0 Å². The third-order valence-corrected chi connectivity index (χ3v) is 8.44. The Hall–Kier alpha value is -2.43. The van der Waals surface area contributed by atoms with Gasteiger partial charge in [0.1, 0.15) is 18.1 Å². The summed E-state index contributed by atoms with van der Waals surface area (Å²) in [6.45, 7) is 6.35. The number of fused-ring (bicyclic) bond motifs is 1. The maximum Gasteiger partial charge on any atom is 0.119 e. The summed E-state index contributed by atoms with van der Waals surface area (Å²) in [6.07, 6.45) is 5.02. The van der Waals surface area contributed by atoms with Gasteiger partial charge in [-0.05, 0) is 86.3 Å². The van der Waals surface area contributed by atoms with Gasteiger partial charge < -0.3 is 9.84 Å². The van der Waals surface area contributed by atoms with Crippen molar-refractivity contribution in [2.45, 2.75) is 48.7 Å². The van der Waals surface area contributed by atoms with E-state index in [0.717, 1.165) is 25.3 Å². The van der Waals surface area contributed by atoms with Crippen LogP contribution in [0.2, 0.25) is 0 Å². The zero-order valence-electron chi connectivity index (χ0n) is 19.4. The molecule has 2 aliphatic heterocycles. The molecule has 3 aromatic carbocycles. The van der Waals surface area contributed by atoms with E-state index >= 15 is 0 Å². The summed E-state index contributed by atoms with van der Waals surface area (Å²) in [7, 11) is 0. The second kappa shape index (κ2) is 10.2. The van der Waals surface area contributed by atoms with Crippen LogP contribution in [0, 0.1) is 6.92 Å². The molecule has 1 fully saturated rings. The van der Waals surface area contributed by atoms with E-state index < -0.39 is 0 Å². The standard InChI is InChI=1S/C29H33NO2S/c1-21-5-14-28-24(19-21)20-27(29(33-28)23-6-10-25(31)11-7-23)22-8-12-26(13-9-22)32-18-17-30-15-3-2-4-16-30/h5-14,19,27,29,31H,2-4,15-18,20H2,1H3. The minimum atomic E-state index is 0.312. The molecule has 0 saturated carbocycles. The third kappa shape index (κ3) is 5.39. The van der Waals surface area contributed by atoms with E-state index in [1.54, 1.807) is 12.1 Å². The number of phenols is 1. The molecule has 0 bridgehead atoms. The van der Waals surface area contributed by atoms with Crippen molar-refractivity contribution in [2.24, 2.45) is 0 Å². The Labute approximate surface area is 201 Å². The molecule has 0 aliphatic carbocycles. The molecule has 1 N–H and O–H groups in total. The van der Waals surface area contributed by atoms with Crippen LogP contribution in [0.15, 0.2) is 71.6 Å². The number of aryl methyl sites for hydroxylation is 1. The first-order chi connectivity index (χ1) is 16.2. The van der Waals surface area contributed by atoms with Gasteiger partial charge in [-0.25, -0.2) is 0 Å². The van der Waals surface area contributed by atoms with Crippen molar-refractivity contribution in [3.63, 3.8) is 0 Å². The molecular formula is C29H33NO2S. The smallest absolute Gasteiger partial charge is 0.119 e. The van der Waals surface area contributed by atoms with Crippen LogP contribution in [0.4, 0.5) is 0 Å². The Kier molecular flexibility index (Phi) is 6.93. The Morgan fingerprint density at radius 1 is 0.909 bits per heavy atom. The van der Waals surface area contributed by atoms with E-state index in [1.165, 1.54) is 59.5 Å². The van der Waals surface area contributed by atoms with Crippen molar-refractivity contribution in [1.82, 2.24) is 4.90 Å². The monoisotopic (exact) mass is 459 g/mol. The van der Waals surface area contributed by atoms with E-state index in [2.05, 4.69) is 66.4 Å². The van der Waals surface area contributed by atoms with Gasteiger partial charge in [0.15, 0.2) is 0 Å². The molecule has 0 amide bonds. The Balaban J connectivity index is 1.33. The molecule has 2 heterocycles. The fourth-order valence-corrected chi connectivity index (χ4v) is 6.51. The largest absolute Gasteiger partial charge is 0.508 e. The zero-order chi connectivity index (χ0) is 22.6. The highest BCUT2D eigenvalue weighted by Crippen LogP contribution is 2.52. The molecular weight excluding hydrogens is 426 g/mol. The lowest BCUT2D eigenvalue weighted by molar-refractivity contribution is 0.183. The second-order valence-corrected chi connectivity index (χ2v) is 10.6. The molecule has 33 heavy (non-hydrogen) atoms. The van der Waals surface area contributed by atoms with Crippen LogP contribution >= 0.6 is 11.8 Å². The zero-order valence-corrected chi connectivity index (χ0v) is 20.2. The molecule has 4 heteroatoms. The molecule has 5 rings (SSSR count). The van der Waals surface area contributed by atoms with Crippen LogP contribution in [0.1, 0.15) is 52.7 Å². The Morgan fingerprint density at radius 3 is 2.39 bits per heavy atom. The highest BCUT2D eigenvalue weighted by Gasteiger charge is 2.31. The van der Waals surface area contributed by atoms with Gasteiger partial charge in [-0.15, -0.1) is 11.8 Å². The number of piperidine rings is 1. The maximum atomic E-state index is 9.79. The van der Waals surface area contributed by atoms with Crippen molar-refractivity contribution in [1.29, 1.82) is 0 Å². The Bertz CT molecular complexity index is 1060. The molecule has 0 radical (unpaired) electrons. The summed E-state index contributed by atoms with van der Waals surface area (Å²) in [5.74, 6) is 1.64. The van der Waals surface area contributed by atoms with E-state index in [-0.39, 0.29) is 0 Å². The summed E-state index contributed by atoms with van der Waals surface area (Å²) >= 11 is 1.94. The van der Waals surface area contributed by atoms with E-state index in [1.807, 2.05) is 11.8 Å². The predicted octanol–water partition coefficient (Wildman–Crippen LogP) is 6.74. The summed E-state index contributed by atoms with van der Waals surface area (Å²) in [4.78, 5) is 3.88. The molecule has 0 aromatic heterocycles. The lowest BCUT2D eigenvalue weighted by atomic mass is 9.85. The lowest BCUT2D eigenvalue weighted by Crippen LogP contribution is -2.33. The van der Waals surface area contributed by atoms with Crippen molar-refractivity contribution >= 4 is 11.8 Å². The van der Waals surface area contributed by atoms with Crippen LogP contribution in [0.5, 0.6) is 11.5 Å². The van der Waals surface area contributed by atoms with Gasteiger partial charge in [-0.3, -0.25) is 4.90 Å². The maximum absolute atomic E-state index is 9.79. The first kappa shape index (κ1) is 22.4. The van der Waals surface area contributed by atoms with Gasteiger partial charge in [0.05, 0.1) is 0 Å². The molecule has 3 aromatic rings. The van der Waals surface area contributed by atoms with E-state index in [9.17, 15) is 5.11 Å². The molecule has 2 unspecified atom stereocenters. The fraction of sp³-hybridized carbons (Fsp3) is 0.379. The first-order valence-electron chi connectivity index (χ1n) is 12.2. The minimum absolute atomic E-state index is 0.312. The third-order valence-electron chi connectivity index (χ3n) is 6.93. The summed E-state index contributed by atoms with van der Waals surface area (Å²) in [6, 6.07) is 23.3. The number of phenolic OH excluding ortho intramolecular Hbond substituents is 1. The van der Waals surface area contributed by atoms with Crippen LogP contribution in [0.25, 0.3) is 0 Å². The highest BCUT2D eigenvalue weighted by molar-refractivity contribution is 7.99. The topological polar surface area (TPSA) is 32.7 Å². The molecule has 0 spiro atoms. The molecule has 2 atom stereocenters. The van der Waals surface area contributed by atoms with Crippen LogP contribution < -0.4 is 4.74 Å². The van der Waals surface area contributed by atoms with E-state index in [4.69, 9.17) is 4.74 Å². The summed E-state index contributed by atoms with van der Waals surface area (Å²) in [5.41, 5.74) is 5.35. The summed E-state index contributed by atoms with van der Waals surface area (Å²) < 4.78 is 6.07. The predicted molar refractivity (Wildman–Crippen MR) is 137 cm³/mol. The van der Waals surface area contributed by atoms with Crippen molar-refractivity contribution in [2.75, 3.05) is 26.2 Å². The number of nitrogens with zero attached hydrogens (tertiary/aromatic N) is 1. The van der Waals surface area contributed by atoms with Crippen molar-refractivity contribution in [3.8, 4) is 11.5 Å². The average Bonchev–Trinajstić information content (AvgIpc) is 2.85. The van der Waals surface area contributed by atoms with E-state index in [0.29, 0.717) is 16.9 Å². The van der Waals surface area contributed by atoms with Crippen LogP contribution in [-0.4, -0.2) is 36.2 Å². The molecule has 1 saturated heterocycles. The lowest BCUT2D eigenvalue weighted by Gasteiger charge is -2.33. The second-order valence-electron chi connectivity index (χ2n) is 9.37. The number of likely N-dealkylation sites (tertiary alicyclic amines) is 1. The first-order valence-corrected chi connectivity index (χ1v) is 13.0.